The predicted molar refractivity (Wildman–Crippen MR) is 94.3 cm³/mol. The molecule has 0 aliphatic heterocycles. The molecule has 22 heavy (non-hydrogen) atoms. The lowest BCUT2D eigenvalue weighted by Gasteiger charge is -2.08. The van der Waals surface area contributed by atoms with Crippen LogP contribution >= 0.6 is 24.8 Å². The van der Waals surface area contributed by atoms with E-state index in [0.717, 1.165) is 44.9 Å². The van der Waals surface area contributed by atoms with Crippen molar-refractivity contribution in [3.05, 3.63) is 0 Å². The maximum atomic E-state index is 10.8. The van der Waals surface area contributed by atoms with Gasteiger partial charge in [0, 0.05) is 6.42 Å². The molecule has 0 saturated heterocycles. The SMILES string of the molecule is CCC(CCCCCCCCCCCC(=O)O)C(=O)O.Cl.Cl. The van der Waals surface area contributed by atoms with E-state index in [-0.39, 0.29) is 30.7 Å². The number of carbonyl (C=O) groups is 2. The Hall–Kier alpha value is -0.480. The average Bonchev–Trinajstić information content (AvgIpc) is 2.39. The maximum Gasteiger partial charge on any atom is 0.306 e. The quantitative estimate of drug-likeness (QED) is 0.412. The monoisotopic (exact) mass is 358 g/mol. The Morgan fingerprint density at radius 1 is 0.773 bits per heavy atom. The van der Waals surface area contributed by atoms with E-state index >= 15 is 0 Å². The molecule has 0 aromatic heterocycles. The molecule has 134 valence electrons. The first kappa shape index (κ1) is 26.4. The molecule has 0 fully saturated rings. The Morgan fingerprint density at radius 3 is 1.55 bits per heavy atom. The molecule has 0 saturated carbocycles. The average molecular weight is 359 g/mol. The fraction of sp³-hybridized carbons (Fsp3) is 0.875. The van der Waals surface area contributed by atoms with Crippen LogP contribution < -0.4 is 0 Å². The lowest BCUT2D eigenvalue weighted by Crippen LogP contribution is -2.12. The molecule has 1 unspecified atom stereocenters. The first-order valence-electron chi connectivity index (χ1n) is 8.02. The normalized spacial score (nSPS) is 11.1. The van der Waals surface area contributed by atoms with Crippen LogP contribution in [0, 0.1) is 5.92 Å². The molecule has 0 aromatic rings. The van der Waals surface area contributed by atoms with E-state index in [1.165, 1.54) is 25.7 Å². The number of carboxylic acid groups (broad SMARTS) is 2. The molecule has 0 bridgehead atoms. The van der Waals surface area contributed by atoms with E-state index in [0.29, 0.717) is 6.42 Å². The van der Waals surface area contributed by atoms with Gasteiger partial charge in [-0.15, -0.1) is 24.8 Å². The van der Waals surface area contributed by atoms with Crippen LogP contribution in [-0.2, 0) is 9.59 Å². The maximum absolute atomic E-state index is 10.8. The summed E-state index contributed by atoms with van der Waals surface area (Å²) in [4.78, 5) is 21.1. The number of halogens is 2. The first-order chi connectivity index (χ1) is 9.57. The zero-order valence-corrected chi connectivity index (χ0v) is 15.2. The summed E-state index contributed by atoms with van der Waals surface area (Å²) in [6, 6.07) is 0. The number of rotatable bonds is 14. The fourth-order valence-electron chi connectivity index (χ4n) is 2.41. The van der Waals surface area contributed by atoms with Gasteiger partial charge in [-0.3, -0.25) is 9.59 Å². The number of hydrogen-bond donors (Lipinski definition) is 2. The first-order valence-corrected chi connectivity index (χ1v) is 8.02. The zero-order valence-electron chi connectivity index (χ0n) is 13.6. The Labute approximate surface area is 146 Å². The minimum absolute atomic E-state index is 0. The molecule has 6 heteroatoms. The van der Waals surface area contributed by atoms with E-state index in [1.807, 2.05) is 6.92 Å². The number of unbranched alkanes of at least 4 members (excludes halogenated alkanes) is 8. The van der Waals surface area contributed by atoms with Crippen molar-refractivity contribution in [2.45, 2.75) is 84.0 Å². The molecule has 0 rings (SSSR count). The molecule has 0 spiro atoms. The summed E-state index contributed by atoms with van der Waals surface area (Å²) in [5.41, 5.74) is 0. The Bertz CT molecular complexity index is 273. The lowest BCUT2D eigenvalue weighted by atomic mass is 9.98. The van der Waals surface area contributed by atoms with Crippen LogP contribution in [0.5, 0.6) is 0 Å². The van der Waals surface area contributed by atoms with Gasteiger partial charge >= 0.3 is 11.9 Å². The largest absolute Gasteiger partial charge is 0.481 e. The highest BCUT2D eigenvalue weighted by Crippen LogP contribution is 2.16. The van der Waals surface area contributed by atoms with Gasteiger partial charge in [0.25, 0.3) is 0 Å². The lowest BCUT2D eigenvalue weighted by molar-refractivity contribution is -0.142. The Kier molecular flexibility index (Phi) is 22.3. The molecule has 0 aromatic carbocycles. The van der Waals surface area contributed by atoms with Crippen LogP contribution in [0.4, 0.5) is 0 Å². The summed E-state index contributed by atoms with van der Waals surface area (Å²) in [6.45, 7) is 1.93. The molecule has 2 N–H and O–H groups in total. The number of aliphatic carboxylic acids is 2. The zero-order chi connectivity index (χ0) is 15.2. The van der Waals surface area contributed by atoms with Crippen molar-refractivity contribution in [3.63, 3.8) is 0 Å². The third kappa shape index (κ3) is 17.6. The predicted octanol–water partition coefficient (Wildman–Crippen LogP) is 5.32. The summed E-state index contributed by atoms with van der Waals surface area (Å²) in [5.74, 6) is -1.52. The van der Waals surface area contributed by atoms with E-state index in [4.69, 9.17) is 10.2 Å². The smallest absolute Gasteiger partial charge is 0.306 e. The van der Waals surface area contributed by atoms with Crippen molar-refractivity contribution in [1.82, 2.24) is 0 Å². The minimum atomic E-state index is -0.697. The van der Waals surface area contributed by atoms with Gasteiger partial charge in [0.1, 0.15) is 0 Å². The van der Waals surface area contributed by atoms with Crippen molar-refractivity contribution < 1.29 is 19.8 Å². The molecule has 0 radical (unpaired) electrons. The van der Waals surface area contributed by atoms with E-state index < -0.39 is 11.9 Å². The van der Waals surface area contributed by atoms with Gasteiger partial charge < -0.3 is 10.2 Å². The van der Waals surface area contributed by atoms with Gasteiger partial charge in [-0.25, -0.2) is 0 Å². The van der Waals surface area contributed by atoms with E-state index in [2.05, 4.69) is 0 Å². The highest BCUT2D eigenvalue weighted by atomic mass is 35.5. The molecule has 0 amide bonds. The standard InChI is InChI=1S/C16H30O4.2ClH/c1-2-14(16(19)20)12-10-8-6-4-3-5-7-9-11-13-15(17)18;;/h14H,2-13H2,1H3,(H,17,18)(H,19,20);2*1H. The molecular formula is C16H32Cl2O4. The van der Waals surface area contributed by atoms with Crippen molar-refractivity contribution in [2.24, 2.45) is 5.92 Å². The molecule has 0 aliphatic carbocycles. The second-order valence-corrected chi connectivity index (χ2v) is 5.56. The summed E-state index contributed by atoms with van der Waals surface area (Å²) < 4.78 is 0. The van der Waals surface area contributed by atoms with Crippen LogP contribution in [0.15, 0.2) is 0 Å². The number of carboxylic acids is 2. The Morgan fingerprint density at radius 2 is 1.18 bits per heavy atom. The molecule has 0 heterocycles. The molecular weight excluding hydrogens is 327 g/mol. The molecule has 4 nitrogen and oxygen atoms in total. The van der Waals surface area contributed by atoms with Crippen molar-refractivity contribution in [3.8, 4) is 0 Å². The van der Waals surface area contributed by atoms with Gasteiger partial charge in [-0.05, 0) is 19.3 Å². The Balaban J connectivity index is -0.00000180. The van der Waals surface area contributed by atoms with Gasteiger partial charge in [-0.1, -0.05) is 58.3 Å². The van der Waals surface area contributed by atoms with Crippen molar-refractivity contribution >= 4 is 36.8 Å². The minimum Gasteiger partial charge on any atom is -0.481 e. The fourth-order valence-corrected chi connectivity index (χ4v) is 2.41. The van der Waals surface area contributed by atoms with Crippen molar-refractivity contribution in [2.75, 3.05) is 0 Å². The van der Waals surface area contributed by atoms with Gasteiger partial charge in [-0.2, -0.15) is 0 Å². The van der Waals surface area contributed by atoms with E-state index in [9.17, 15) is 9.59 Å². The molecule has 1 atom stereocenters. The van der Waals surface area contributed by atoms with Crippen LogP contribution in [-0.4, -0.2) is 22.2 Å². The summed E-state index contributed by atoms with van der Waals surface area (Å²) in [5, 5.41) is 17.4. The van der Waals surface area contributed by atoms with E-state index in [1.54, 1.807) is 0 Å². The van der Waals surface area contributed by atoms with Crippen LogP contribution in [0.3, 0.4) is 0 Å². The topological polar surface area (TPSA) is 74.6 Å². The summed E-state index contributed by atoms with van der Waals surface area (Å²) in [7, 11) is 0. The van der Waals surface area contributed by atoms with Gasteiger partial charge in [0.05, 0.1) is 5.92 Å². The third-order valence-corrected chi connectivity index (χ3v) is 3.79. The van der Waals surface area contributed by atoms with Crippen LogP contribution in [0.1, 0.15) is 84.0 Å². The third-order valence-electron chi connectivity index (χ3n) is 3.79. The van der Waals surface area contributed by atoms with Crippen LogP contribution in [0.25, 0.3) is 0 Å². The number of hydrogen-bond acceptors (Lipinski definition) is 2. The second kappa shape index (κ2) is 18.6. The van der Waals surface area contributed by atoms with Crippen LogP contribution in [0.2, 0.25) is 0 Å². The second-order valence-electron chi connectivity index (χ2n) is 5.56. The highest BCUT2D eigenvalue weighted by molar-refractivity contribution is 5.85. The summed E-state index contributed by atoms with van der Waals surface area (Å²) in [6.07, 6.45) is 11.7. The highest BCUT2D eigenvalue weighted by Gasteiger charge is 2.13. The summed E-state index contributed by atoms with van der Waals surface area (Å²) >= 11 is 0. The molecule has 0 aliphatic rings. The van der Waals surface area contributed by atoms with Gasteiger partial charge in [0.2, 0.25) is 0 Å². The van der Waals surface area contributed by atoms with Crippen molar-refractivity contribution in [1.29, 1.82) is 0 Å². The van der Waals surface area contributed by atoms with Gasteiger partial charge in [0.15, 0.2) is 0 Å².